The summed E-state index contributed by atoms with van der Waals surface area (Å²) in [6.07, 6.45) is 7.75. The summed E-state index contributed by atoms with van der Waals surface area (Å²) in [4.78, 5) is 68.3. The zero-order valence-corrected chi connectivity index (χ0v) is 39.1. The molecule has 4 heterocycles. The number of nitrogens with one attached hydrogen (secondary N) is 4. The van der Waals surface area contributed by atoms with Crippen LogP contribution in [0.2, 0.25) is 0 Å². The third kappa shape index (κ3) is 10.2. The van der Waals surface area contributed by atoms with Gasteiger partial charge in [-0.15, -0.1) is 0 Å². The summed E-state index contributed by atoms with van der Waals surface area (Å²) in [5.74, 6) is -1.26. The Hall–Kier alpha value is -5.45. The Balaban J connectivity index is 0.00000306. The number of hydrogen-bond donors (Lipinski definition) is 4. The van der Waals surface area contributed by atoms with E-state index in [9.17, 15) is 22.8 Å². The lowest BCUT2D eigenvalue weighted by molar-refractivity contribution is -0.142. The maximum Gasteiger partial charge on any atom is 0.315 e. The van der Waals surface area contributed by atoms with E-state index in [4.69, 9.17) is 19.2 Å². The number of nitrogens with zero attached hydrogens (tertiary/aromatic N) is 3. The highest BCUT2D eigenvalue weighted by atomic mass is 32.2. The van der Waals surface area contributed by atoms with E-state index in [1.165, 1.54) is 4.90 Å². The summed E-state index contributed by atoms with van der Waals surface area (Å²) in [7, 11) is -2.45. The van der Waals surface area contributed by atoms with Crippen LogP contribution in [0.5, 0.6) is 17.5 Å². The quantitative estimate of drug-likeness (QED) is 0.156. The van der Waals surface area contributed by atoms with Crippen molar-refractivity contribution in [1.82, 2.24) is 35.5 Å². The van der Waals surface area contributed by atoms with Gasteiger partial charge < -0.3 is 35.1 Å². The van der Waals surface area contributed by atoms with Gasteiger partial charge in [0.15, 0.2) is 0 Å². The first-order valence-electron chi connectivity index (χ1n) is 22.3. The normalized spacial score (nSPS) is 27.5. The Bertz CT molecular complexity index is 2440. The van der Waals surface area contributed by atoms with Gasteiger partial charge in [-0.05, 0) is 128 Å². The number of ether oxygens (including phenoxy) is 3. The molecular formula is C47H71N7O9S. The molecule has 0 bridgehead atoms. The van der Waals surface area contributed by atoms with E-state index >= 15 is 4.79 Å². The lowest BCUT2D eigenvalue weighted by Crippen LogP contribution is -2.60. The summed E-state index contributed by atoms with van der Waals surface area (Å²) in [6.45, 7) is 14.9. The molecule has 7 atom stereocenters. The molecule has 4 N–H and O–H groups in total. The molecule has 64 heavy (non-hydrogen) atoms. The van der Waals surface area contributed by atoms with Crippen LogP contribution < -0.4 is 34.9 Å². The number of aromatic nitrogens is 2. The van der Waals surface area contributed by atoms with Crippen LogP contribution in [0.25, 0.3) is 22.0 Å². The predicted molar refractivity (Wildman–Crippen MR) is 250 cm³/mol. The minimum atomic E-state index is -4.03. The number of allylic oxidation sites excluding steroid dienone is 1. The average molecular weight is 910 g/mol. The maximum absolute atomic E-state index is 15.1. The molecule has 354 valence electrons. The van der Waals surface area contributed by atoms with Gasteiger partial charge in [-0.2, -0.15) is 0 Å². The van der Waals surface area contributed by atoms with E-state index < -0.39 is 73.7 Å². The molecule has 2 aliphatic carbocycles. The Morgan fingerprint density at radius 2 is 1.81 bits per heavy atom. The van der Waals surface area contributed by atoms with Crippen LogP contribution in [0.15, 0.2) is 54.7 Å². The summed E-state index contributed by atoms with van der Waals surface area (Å²) < 4.78 is 46.0. The van der Waals surface area contributed by atoms with E-state index in [1.807, 2.05) is 78.0 Å². The lowest BCUT2D eigenvalue weighted by Gasteiger charge is -2.33. The van der Waals surface area contributed by atoms with Crippen molar-refractivity contribution >= 4 is 44.5 Å². The van der Waals surface area contributed by atoms with Crippen LogP contribution >= 0.6 is 0 Å². The molecule has 3 aromatic rings. The van der Waals surface area contributed by atoms with Crippen molar-refractivity contribution in [3.63, 3.8) is 0 Å². The highest BCUT2D eigenvalue weighted by Crippen LogP contribution is 2.48. The number of benzene rings is 1. The zero-order valence-electron chi connectivity index (χ0n) is 38.3. The molecule has 0 spiro atoms. The van der Waals surface area contributed by atoms with Crippen molar-refractivity contribution in [3.8, 4) is 28.8 Å². The second kappa shape index (κ2) is 17.8. The van der Waals surface area contributed by atoms with Gasteiger partial charge >= 0.3 is 6.03 Å². The molecule has 1 aromatic carbocycles. The molecular weight excluding hydrogens is 839 g/mol. The minimum absolute atomic E-state index is 0. The number of fused-ring (bicyclic) bond motifs is 3. The van der Waals surface area contributed by atoms with Crippen molar-refractivity contribution < 1.29 is 47.5 Å². The molecule has 5 amide bonds. The number of amides is 5. The second-order valence-corrected chi connectivity index (χ2v) is 21.9. The van der Waals surface area contributed by atoms with Crippen molar-refractivity contribution in [2.45, 2.75) is 140 Å². The number of hydrogen-bond acceptors (Lipinski definition) is 11. The smallest absolute Gasteiger partial charge is 0.315 e. The number of sulfonamides is 1. The average Bonchev–Trinajstić information content (AvgIpc) is 4.10. The largest absolute Gasteiger partial charge is 0.497 e. The summed E-state index contributed by atoms with van der Waals surface area (Å²) in [6, 6.07) is 8.29. The van der Waals surface area contributed by atoms with Gasteiger partial charge in [0, 0.05) is 46.8 Å². The van der Waals surface area contributed by atoms with Gasteiger partial charge in [0.25, 0.3) is 5.91 Å². The number of urea groups is 1. The van der Waals surface area contributed by atoms with Gasteiger partial charge in [-0.1, -0.05) is 26.0 Å². The summed E-state index contributed by atoms with van der Waals surface area (Å²) in [5, 5.41) is 10.2. The molecule has 0 unspecified atom stereocenters. The number of carbonyl (C=O) groups excluding carboxylic acids is 4. The number of rotatable bonds is 10. The molecule has 4 aliphatic rings. The first kappa shape index (κ1) is 46.5. The van der Waals surface area contributed by atoms with Crippen molar-refractivity contribution in [3.05, 3.63) is 54.7 Å². The SMILES string of the molecule is COc1ccc2c(O[C@@H]3C[C@H]4C(=O)N[C@]5(C(=O)NS(=O)(=O)C6(C)CC6)C[C@H]5/C=C\CC[C@@H](C)C[C@@H](C)[C@H](NC(=O)NC(C)(C)C)C(=O)N4C3)nc(-c3ccc(OC(C)C)nc3)cc2c1.[HH].[HH].[HH].[HH]. The fourth-order valence-electron chi connectivity index (χ4n) is 8.68. The van der Waals surface area contributed by atoms with E-state index in [1.54, 1.807) is 32.4 Å². The Morgan fingerprint density at radius 3 is 2.47 bits per heavy atom. The number of methoxy groups -OCH3 is 1. The van der Waals surface area contributed by atoms with E-state index in [0.29, 0.717) is 54.0 Å². The van der Waals surface area contributed by atoms with Crippen LogP contribution in [-0.4, -0.2) is 101 Å². The van der Waals surface area contributed by atoms with Crippen molar-refractivity contribution in [2.75, 3.05) is 13.7 Å². The van der Waals surface area contributed by atoms with Gasteiger partial charge in [0.05, 0.1) is 30.2 Å². The van der Waals surface area contributed by atoms with Crippen LogP contribution in [0.3, 0.4) is 0 Å². The van der Waals surface area contributed by atoms with Crippen LogP contribution in [0.4, 0.5) is 4.79 Å². The molecule has 16 nitrogen and oxygen atoms in total. The Labute approximate surface area is 382 Å². The predicted octanol–water partition coefficient (Wildman–Crippen LogP) is 6.78. The van der Waals surface area contributed by atoms with Gasteiger partial charge in [-0.3, -0.25) is 19.1 Å². The molecule has 17 heteroatoms. The zero-order chi connectivity index (χ0) is 46.4. The van der Waals surface area contributed by atoms with Crippen molar-refractivity contribution in [2.24, 2.45) is 17.8 Å². The standard InChI is InChI=1S/C47H63N7O9S.4H2/c1-27(2)62-38-17-14-30(25-48-38)36-22-31-21-33(61-9)15-16-35(31)41(49-36)63-34-23-37-40(55)51-47(43(57)53-64(59,60)46(8)18-19-46)24-32(47)13-11-10-12-28(3)20-29(4)39(42(56)54(37)26-34)50-44(58)52-45(5,6)7;;;;/h11,13-17,21-22,25,27-29,32,34,37,39H,10,12,18-20,23-24,26H2,1-9H3,(H,51,55)(H,53,57)(H2,50,52,58);4*1H/b13-11-;;;;/t28-,29-,32-,34-,37+,39+,47-;;;;/m1..../s1. The molecule has 2 aromatic heterocycles. The third-order valence-corrected chi connectivity index (χ3v) is 14.9. The monoisotopic (exact) mass is 910 g/mol. The van der Waals surface area contributed by atoms with Crippen LogP contribution in [-0.2, 0) is 24.4 Å². The lowest BCUT2D eigenvalue weighted by atomic mass is 9.88. The second-order valence-electron chi connectivity index (χ2n) is 19.7. The molecule has 1 saturated heterocycles. The Kier molecular flexibility index (Phi) is 13.0. The summed E-state index contributed by atoms with van der Waals surface area (Å²) in [5.41, 5.74) is -0.912. The summed E-state index contributed by atoms with van der Waals surface area (Å²) >= 11 is 0. The van der Waals surface area contributed by atoms with E-state index in [2.05, 4.69) is 32.6 Å². The minimum Gasteiger partial charge on any atom is -0.497 e. The highest BCUT2D eigenvalue weighted by molar-refractivity contribution is 7.91. The molecule has 3 fully saturated rings. The topological polar surface area (TPSA) is 207 Å². The molecule has 2 saturated carbocycles. The molecule has 0 radical (unpaired) electrons. The number of pyridine rings is 2. The van der Waals surface area contributed by atoms with E-state index in [-0.39, 0.29) is 48.9 Å². The Morgan fingerprint density at radius 1 is 1.06 bits per heavy atom. The van der Waals surface area contributed by atoms with Crippen LogP contribution in [0.1, 0.15) is 106 Å². The highest BCUT2D eigenvalue weighted by Gasteiger charge is 2.63. The molecule has 7 rings (SSSR count). The fourth-order valence-corrected chi connectivity index (χ4v) is 10.00. The number of carbonyl (C=O) groups is 4. The van der Waals surface area contributed by atoms with Gasteiger partial charge in [0.2, 0.25) is 33.6 Å². The fraction of sp³-hybridized carbons (Fsp3) is 0.574. The first-order valence-corrected chi connectivity index (χ1v) is 23.8. The third-order valence-electron chi connectivity index (χ3n) is 12.7. The first-order chi connectivity index (χ1) is 30.1. The van der Waals surface area contributed by atoms with Gasteiger partial charge in [0.1, 0.15) is 29.5 Å². The van der Waals surface area contributed by atoms with Gasteiger partial charge in [-0.25, -0.2) is 23.2 Å². The van der Waals surface area contributed by atoms with E-state index in [0.717, 1.165) is 11.8 Å². The maximum atomic E-state index is 15.1. The molecule has 2 aliphatic heterocycles. The van der Waals surface area contributed by atoms with Crippen LogP contribution in [0, 0.1) is 17.8 Å². The van der Waals surface area contributed by atoms with Crippen molar-refractivity contribution in [1.29, 1.82) is 0 Å².